The molecule has 5 rings (SSSR count). The van der Waals surface area contributed by atoms with Crippen LogP contribution < -0.4 is 4.74 Å². The third-order valence-electron chi connectivity index (χ3n) is 7.09. The second-order valence-electron chi connectivity index (χ2n) is 10.6. The summed E-state index contributed by atoms with van der Waals surface area (Å²) in [6.07, 6.45) is 4.68. The van der Waals surface area contributed by atoms with Crippen LogP contribution in [0.15, 0.2) is 61.1 Å². The maximum atomic E-state index is 14.0. The Kier molecular flexibility index (Phi) is 9.31. The van der Waals surface area contributed by atoms with Gasteiger partial charge in [0.1, 0.15) is 11.9 Å². The van der Waals surface area contributed by atoms with Crippen molar-refractivity contribution < 1.29 is 23.5 Å². The average molecular weight is 575 g/mol. The first-order chi connectivity index (χ1) is 20.3. The van der Waals surface area contributed by atoms with E-state index in [9.17, 15) is 9.18 Å². The third kappa shape index (κ3) is 6.87. The highest BCUT2D eigenvalue weighted by Crippen LogP contribution is 2.37. The number of Topliss-reactive ketones (excluding diaryl/α,β-unsaturated/α-hetero) is 1. The summed E-state index contributed by atoms with van der Waals surface area (Å²) in [6.45, 7) is 7.32. The van der Waals surface area contributed by atoms with Crippen molar-refractivity contribution in [1.29, 1.82) is 0 Å². The molecule has 220 valence electrons. The second-order valence-corrected chi connectivity index (χ2v) is 10.6. The Bertz CT molecular complexity index is 1500. The molecule has 1 aliphatic heterocycles. The molecule has 0 amide bonds. The van der Waals surface area contributed by atoms with Gasteiger partial charge >= 0.3 is 6.01 Å². The van der Waals surface area contributed by atoms with Gasteiger partial charge in [-0.25, -0.2) is 19.6 Å². The van der Waals surface area contributed by atoms with E-state index in [1.54, 1.807) is 30.6 Å². The second kappa shape index (κ2) is 13.3. The summed E-state index contributed by atoms with van der Waals surface area (Å²) in [6, 6.07) is 13.1. The fraction of sp³-hybridized carbons (Fsp3) is 0.387. The van der Waals surface area contributed by atoms with Crippen LogP contribution in [0, 0.1) is 18.8 Å². The number of halogens is 1. The van der Waals surface area contributed by atoms with Crippen LogP contribution in [0.3, 0.4) is 0 Å². The molecule has 11 heteroatoms. The zero-order valence-electron chi connectivity index (χ0n) is 24.2. The van der Waals surface area contributed by atoms with Crippen molar-refractivity contribution in [2.24, 2.45) is 5.92 Å². The van der Waals surface area contributed by atoms with Crippen LogP contribution in [0.2, 0.25) is 0 Å². The lowest BCUT2D eigenvalue weighted by atomic mass is 9.91. The van der Waals surface area contributed by atoms with Crippen LogP contribution in [0.5, 0.6) is 6.01 Å². The maximum Gasteiger partial charge on any atom is 0.316 e. The van der Waals surface area contributed by atoms with Gasteiger partial charge in [-0.1, -0.05) is 18.2 Å². The maximum absolute atomic E-state index is 14.0. The number of benzene rings is 1. The molecule has 0 spiro atoms. The quantitative estimate of drug-likeness (QED) is 0.223. The molecule has 0 bridgehead atoms. The summed E-state index contributed by atoms with van der Waals surface area (Å²) in [4.78, 5) is 32.2. The Hall–Kier alpha value is -4.06. The summed E-state index contributed by atoms with van der Waals surface area (Å²) in [5.41, 5.74) is 4.56. The van der Waals surface area contributed by atoms with E-state index in [0.29, 0.717) is 37.0 Å². The fourth-order valence-corrected chi connectivity index (χ4v) is 5.14. The molecule has 0 saturated carbocycles. The molecule has 3 aromatic heterocycles. The molecule has 10 nitrogen and oxygen atoms in total. The van der Waals surface area contributed by atoms with Crippen molar-refractivity contribution in [1.82, 2.24) is 29.8 Å². The van der Waals surface area contributed by atoms with Gasteiger partial charge in [0, 0.05) is 63.1 Å². The minimum atomic E-state index is -0.584. The standard InChI is InChI=1S/C31H35FN6O4/c1-20(2)41-31-34-17-24(18-35-31)29-21(3)27(38(36-29)25-8-6-5-7-9-25)16-26(39)14-23-19-37(12-13-40-4)42-30(23)22-10-11-33-28(32)15-22/h5-11,15,17-18,20,23,30H,12-14,16,19H2,1-4H3/t23-,30+/m1/s1. The normalized spacial score (nSPS) is 17.2. The first-order valence-corrected chi connectivity index (χ1v) is 14.0. The number of nitrogens with zero attached hydrogens (tertiary/aromatic N) is 6. The number of ketones is 1. The van der Waals surface area contributed by atoms with Crippen molar-refractivity contribution in [2.75, 3.05) is 26.8 Å². The van der Waals surface area contributed by atoms with Crippen molar-refractivity contribution >= 4 is 5.78 Å². The molecule has 1 aliphatic rings. The van der Waals surface area contributed by atoms with Gasteiger partial charge in [0.2, 0.25) is 5.95 Å². The number of ether oxygens (including phenoxy) is 2. The highest BCUT2D eigenvalue weighted by atomic mass is 19.1. The average Bonchev–Trinajstić information content (AvgIpc) is 3.53. The number of hydrogen-bond acceptors (Lipinski definition) is 9. The van der Waals surface area contributed by atoms with Crippen LogP contribution in [-0.4, -0.2) is 68.5 Å². The Morgan fingerprint density at radius 2 is 1.90 bits per heavy atom. The van der Waals surface area contributed by atoms with E-state index in [1.165, 1.54) is 12.3 Å². The number of aromatic nitrogens is 5. The van der Waals surface area contributed by atoms with Gasteiger partial charge in [0.15, 0.2) is 0 Å². The van der Waals surface area contributed by atoms with Crippen LogP contribution in [0.25, 0.3) is 16.9 Å². The van der Waals surface area contributed by atoms with Gasteiger partial charge in [0.25, 0.3) is 0 Å². The molecule has 4 heterocycles. The summed E-state index contributed by atoms with van der Waals surface area (Å²) in [7, 11) is 1.62. The van der Waals surface area contributed by atoms with Crippen molar-refractivity contribution in [3.63, 3.8) is 0 Å². The fourth-order valence-electron chi connectivity index (χ4n) is 5.14. The van der Waals surface area contributed by atoms with Crippen LogP contribution in [0.1, 0.15) is 43.2 Å². The van der Waals surface area contributed by atoms with E-state index in [1.807, 2.05) is 55.8 Å². The zero-order chi connectivity index (χ0) is 29.6. The van der Waals surface area contributed by atoms with E-state index in [-0.39, 0.29) is 30.6 Å². The molecule has 42 heavy (non-hydrogen) atoms. The summed E-state index contributed by atoms with van der Waals surface area (Å²) in [5.74, 6) is -0.731. The molecule has 2 atom stereocenters. The number of rotatable bonds is 12. The van der Waals surface area contributed by atoms with E-state index < -0.39 is 12.1 Å². The summed E-state index contributed by atoms with van der Waals surface area (Å²) < 4.78 is 26.6. The van der Waals surface area contributed by atoms with Crippen molar-refractivity contribution in [2.45, 2.75) is 45.8 Å². The molecule has 1 saturated heterocycles. The number of pyridine rings is 1. The van der Waals surface area contributed by atoms with Crippen molar-refractivity contribution in [3.8, 4) is 23.0 Å². The molecule has 0 N–H and O–H groups in total. The molecule has 0 aliphatic carbocycles. The number of methoxy groups -OCH3 is 1. The van der Waals surface area contributed by atoms with Crippen LogP contribution in [0.4, 0.5) is 4.39 Å². The Morgan fingerprint density at radius 3 is 2.60 bits per heavy atom. The molecule has 0 radical (unpaired) electrons. The lowest BCUT2D eigenvalue weighted by Crippen LogP contribution is -2.24. The molecule has 0 unspecified atom stereocenters. The highest BCUT2D eigenvalue weighted by molar-refractivity contribution is 5.82. The molecule has 1 aromatic carbocycles. The topological polar surface area (TPSA) is 104 Å². The van der Waals surface area contributed by atoms with Crippen LogP contribution in [-0.2, 0) is 20.8 Å². The smallest absolute Gasteiger partial charge is 0.316 e. The predicted octanol–water partition coefficient (Wildman–Crippen LogP) is 4.71. The van der Waals surface area contributed by atoms with E-state index in [4.69, 9.17) is 19.4 Å². The third-order valence-corrected chi connectivity index (χ3v) is 7.09. The minimum Gasteiger partial charge on any atom is -0.461 e. The van der Waals surface area contributed by atoms with E-state index >= 15 is 0 Å². The van der Waals surface area contributed by atoms with Gasteiger partial charge in [-0.3, -0.25) is 9.63 Å². The van der Waals surface area contributed by atoms with Gasteiger partial charge in [-0.15, -0.1) is 0 Å². The lowest BCUT2D eigenvalue weighted by Gasteiger charge is -2.17. The lowest BCUT2D eigenvalue weighted by molar-refractivity contribution is -0.155. The summed E-state index contributed by atoms with van der Waals surface area (Å²) >= 11 is 0. The first-order valence-electron chi connectivity index (χ1n) is 14.0. The molecular weight excluding hydrogens is 539 g/mol. The first kappa shape index (κ1) is 29.4. The zero-order valence-corrected chi connectivity index (χ0v) is 24.2. The van der Waals surface area contributed by atoms with Gasteiger partial charge < -0.3 is 9.47 Å². The Balaban J connectivity index is 1.41. The predicted molar refractivity (Wildman–Crippen MR) is 153 cm³/mol. The number of carbonyl (C=O) groups is 1. The number of carbonyl (C=O) groups excluding carboxylic acids is 1. The highest BCUT2D eigenvalue weighted by Gasteiger charge is 2.37. The number of para-hydroxylation sites is 1. The van der Waals surface area contributed by atoms with E-state index in [0.717, 1.165) is 22.5 Å². The minimum absolute atomic E-state index is 0.0281. The Labute approximate surface area is 244 Å². The monoisotopic (exact) mass is 574 g/mol. The molecule has 1 fully saturated rings. The van der Waals surface area contributed by atoms with Gasteiger partial charge in [-0.05, 0) is 56.2 Å². The Morgan fingerprint density at radius 1 is 1.14 bits per heavy atom. The van der Waals surface area contributed by atoms with Crippen molar-refractivity contribution in [3.05, 3.63) is 83.8 Å². The van der Waals surface area contributed by atoms with Crippen LogP contribution >= 0.6 is 0 Å². The van der Waals surface area contributed by atoms with Gasteiger partial charge in [0.05, 0.1) is 29.8 Å². The largest absolute Gasteiger partial charge is 0.461 e. The SMILES string of the molecule is COCCN1C[C@@H](CC(=O)Cc2c(C)c(-c3cnc(OC(C)C)nc3)nn2-c2ccccc2)[C@H](c2ccnc(F)c2)O1. The van der Waals surface area contributed by atoms with E-state index in [2.05, 4.69) is 15.0 Å². The molecule has 4 aromatic rings. The number of hydroxylamine groups is 2. The number of hydrogen-bond donors (Lipinski definition) is 0. The molecular formula is C31H35FN6O4. The summed E-state index contributed by atoms with van der Waals surface area (Å²) in [5, 5.41) is 6.68. The van der Waals surface area contributed by atoms with Gasteiger partial charge in [-0.2, -0.15) is 14.6 Å².